The molecule has 1 fully saturated rings. The van der Waals surface area contributed by atoms with Crippen molar-refractivity contribution >= 4 is 5.95 Å². The Morgan fingerprint density at radius 2 is 1.75 bits per heavy atom. The van der Waals surface area contributed by atoms with E-state index >= 15 is 0 Å². The Labute approximate surface area is 141 Å². The van der Waals surface area contributed by atoms with Gasteiger partial charge in [0.15, 0.2) is 5.82 Å². The summed E-state index contributed by atoms with van der Waals surface area (Å²) in [6.07, 6.45) is 9.63. The van der Waals surface area contributed by atoms with Crippen LogP contribution in [0, 0.1) is 6.92 Å². The van der Waals surface area contributed by atoms with Crippen molar-refractivity contribution in [1.29, 1.82) is 0 Å². The maximum absolute atomic E-state index is 4.62. The number of rotatable bonds is 3. The summed E-state index contributed by atoms with van der Waals surface area (Å²) in [5.41, 5.74) is 1.95. The van der Waals surface area contributed by atoms with Gasteiger partial charge in [0.05, 0.1) is 0 Å². The number of aromatic nitrogens is 5. The highest BCUT2D eigenvalue weighted by molar-refractivity contribution is 5.50. The molecule has 1 aliphatic heterocycles. The lowest BCUT2D eigenvalue weighted by Crippen LogP contribution is -2.35. The molecule has 0 amide bonds. The van der Waals surface area contributed by atoms with Crippen LogP contribution >= 0.6 is 0 Å². The van der Waals surface area contributed by atoms with Gasteiger partial charge in [-0.3, -0.25) is 0 Å². The van der Waals surface area contributed by atoms with Crippen molar-refractivity contribution in [2.24, 2.45) is 0 Å². The summed E-state index contributed by atoms with van der Waals surface area (Å²) >= 11 is 0. The van der Waals surface area contributed by atoms with E-state index in [0.29, 0.717) is 6.04 Å². The molecule has 0 spiro atoms. The molecular weight excluding hydrogens is 300 g/mol. The average molecular weight is 320 g/mol. The molecule has 0 bridgehead atoms. The van der Waals surface area contributed by atoms with Crippen LogP contribution in [0.4, 0.5) is 5.95 Å². The summed E-state index contributed by atoms with van der Waals surface area (Å²) in [6, 6.07) is 8.35. The van der Waals surface area contributed by atoms with Crippen LogP contribution in [-0.2, 0) is 0 Å². The first-order valence-corrected chi connectivity index (χ1v) is 8.30. The molecule has 3 aromatic heterocycles. The number of hydrogen-bond acceptors (Lipinski definition) is 5. The number of imidazole rings is 1. The largest absolute Gasteiger partial charge is 0.341 e. The molecule has 4 heterocycles. The van der Waals surface area contributed by atoms with E-state index in [1.54, 1.807) is 12.4 Å². The van der Waals surface area contributed by atoms with Crippen LogP contribution in [0.1, 0.15) is 24.6 Å². The zero-order chi connectivity index (χ0) is 16.4. The number of hydrogen-bond donors (Lipinski definition) is 0. The molecule has 0 aromatic carbocycles. The maximum Gasteiger partial charge on any atom is 0.225 e. The highest BCUT2D eigenvalue weighted by atomic mass is 15.3. The topological polar surface area (TPSA) is 59.7 Å². The van der Waals surface area contributed by atoms with Gasteiger partial charge < -0.3 is 9.47 Å². The zero-order valence-corrected chi connectivity index (χ0v) is 13.7. The van der Waals surface area contributed by atoms with E-state index in [2.05, 4.69) is 35.6 Å². The molecule has 0 aliphatic carbocycles. The summed E-state index contributed by atoms with van der Waals surface area (Å²) in [7, 11) is 0. The SMILES string of the molecule is Cc1cccc(-c2nccn2C2CCN(c3ncccn3)CC2)n1. The minimum absolute atomic E-state index is 0.435. The van der Waals surface area contributed by atoms with Gasteiger partial charge in [-0.15, -0.1) is 0 Å². The number of aryl methyl sites for hydroxylation is 1. The molecular formula is C18H20N6. The van der Waals surface area contributed by atoms with Crippen LogP contribution in [-0.4, -0.2) is 37.6 Å². The molecule has 6 nitrogen and oxygen atoms in total. The standard InChI is InChI=1S/C18H20N6/c1-14-4-2-5-16(22-14)17-19-10-13-24(17)15-6-11-23(12-7-15)18-20-8-3-9-21-18/h2-5,8-10,13,15H,6-7,11-12H2,1H3. The Morgan fingerprint density at radius 1 is 0.958 bits per heavy atom. The van der Waals surface area contributed by atoms with Crippen molar-refractivity contribution < 1.29 is 0 Å². The minimum Gasteiger partial charge on any atom is -0.341 e. The third-order valence-electron chi connectivity index (χ3n) is 4.48. The zero-order valence-electron chi connectivity index (χ0n) is 13.7. The van der Waals surface area contributed by atoms with Gasteiger partial charge in [-0.1, -0.05) is 6.07 Å². The van der Waals surface area contributed by atoms with E-state index in [9.17, 15) is 0 Å². The number of nitrogens with zero attached hydrogens (tertiary/aromatic N) is 6. The molecule has 24 heavy (non-hydrogen) atoms. The summed E-state index contributed by atoms with van der Waals surface area (Å²) in [5, 5.41) is 0. The van der Waals surface area contributed by atoms with E-state index in [1.807, 2.05) is 37.4 Å². The van der Waals surface area contributed by atoms with Gasteiger partial charge in [-0.05, 0) is 38.0 Å². The fraction of sp³-hybridized carbons (Fsp3) is 0.333. The smallest absolute Gasteiger partial charge is 0.225 e. The fourth-order valence-corrected chi connectivity index (χ4v) is 3.27. The summed E-state index contributed by atoms with van der Waals surface area (Å²) in [4.78, 5) is 20.1. The lowest BCUT2D eigenvalue weighted by molar-refractivity contribution is 0.396. The monoisotopic (exact) mass is 320 g/mol. The molecule has 0 atom stereocenters. The first-order chi connectivity index (χ1) is 11.8. The van der Waals surface area contributed by atoms with Gasteiger partial charge in [0.1, 0.15) is 5.69 Å². The predicted molar refractivity (Wildman–Crippen MR) is 92.7 cm³/mol. The highest BCUT2D eigenvalue weighted by Crippen LogP contribution is 2.28. The van der Waals surface area contributed by atoms with Gasteiger partial charge in [-0.2, -0.15) is 0 Å². The molecule has 0 unspecified atom stereocenters. The quantitative estimate of drug-likeness (QED) is 0.742. The highest BCUT2D eigenvalue weighted by Gasteiger charge is 2.24. The molecule has 0 N–H and O–H groups in total. The summed E-state index contributed by atoms with van der Waals surface area (Å²) in [6.45, 7) is 3.91. The van der Waals surface area contributed by atoms with Gasteiger partial charge >= 0.3 is 0 Å². The molecule has 3 aromatic rings. The van der Waals surface area contributed by atoms with E-state index < -0.39 is 0 Å². The molecule has 0 radical (unpaired) electrons. The predicted octanol–water partition coefficient (Wildman–Crippen LogP) is 2.89. The molecule has 4 rings (SSSR count). The van der Waals surface area contributed by atoms with Gasteiger partial charge in [0, 0.05) is 49.6 Å². The van der Waals surface area contributed by atoms with Gasteiger partial charge in [0.2, 0.25) is 5.95 Å². The minimum atomic E-state index is 0.435. The Kier molecular flexibility index (Phi) is 3.94. The van der Waals surface area contributed by atoms with E-state index in [4.69, 9.17) is 0 Å². The van der Waals surface area contributed by atoms with Crippen molar-refractivity contribution in [2.75, 3.05) is 18.0 Å². The third-order valence-corrected chi connectivity index (χ3v) is 4.48. The normalized spacial score (nSPS) is 15.6. The molecule has 6 heteroatoms. The second kappa shape index (κ2) is 6.39. The Bertz CT molecular complexity index is 805. The van der Waals surface area contributed by atoms with Crippen molar-refractivity contribution in [3.8, 4) is 11.5 Å². The van der Waals surface area contributed by atoms with E-state index in [0.717, 1.165) is 49.1 Å². The van der Waals surface area contributed by atoms with Crippen LogP contribution in [0.25, 0.3) is 11.5 Å². The van der Waals surface area contributed by atoms with Crippen molar-refractivity contribution in [3.63, 3.8) is 0 Å². The van der Waals surface area contributed by atoms with E-state index in [1.165, 1.54) is 0 Å². The van der Waals surface area contributed by atoms with Crippen LogP contribution in [0.15, 0.2) is 49.1 Å². The fourth-order valence-electron chi connectivity index (χ4n) is 3.27. The van der Waals surface area contributed by atoms with Gasteiger partial charge in [0.25, 0.3) is 0 Å². The summed E-state index contributed by atoms with van der Waals surface area (Å²) in [5.74, 6) is 1.77. The Balaban J connectivity index is 1.52. The average Bonchev–Trinajstić information content (AvgIpc) is 3.12. The van der Waals surface area contributed by atoms with Gasteiger partial charge in [-0.25, -0.2) is 19.9 Å². The first-order valence-electron chi connectivity index (χ1n) is 8.30. The molecule has 122 valence electrons. The lowest BCUT2D eigenvalue weighted by atomic mass is 10.0. The van der Waals surface area contributed by atoms with Crippen LogP contribution in [0.3, 0.4) is 0 Å². The second-order valence-electron chi connectivity index (χ2n) is 6.09. The summed E-state index contributed by atoms with van der Waals surface area (Å²) < 4.78 is 2.27. The maximum atomic E-state index is 4.62. The van der Waals surface area contributed by atoms with Crippen LogP contribution in [0.2, 0.25) is 0 Å². The van der Waals surface area contributed by atoms with E-state index in [-0.39, 0.29) is 0 Å². The Morgan fingerprint density at radius 3 is 2.50 bits per heavy atom. The number of anilines is 1. The Hall–Kier alpha value is -2.76. The van der Waals surface area contributed by atoms with Crippen molar-refractivity contribution in [1.82, 2.24) is 24.5 Å². The van der Waals surface area contributed by atoms with Crippen molar-refractivity contribution in [3.05, 3.63) is 54.7 Å². The number of pyridine rings is 1. The number of piperidine rings is 1. The molecule has 1 saturated heterocycles. The molecule has 0 saturated carbocycles. The van der Waals surface area contributed by atoms with Crippen LogP contribution < -0.4 is 4.90 Å². The lowest BCUT2D eigenvalue weighted by Gasteiger charge is -2.33. The van der Waals surface area contributed by atoms with Crippen molar-refractivity contribution in [2.45, 2.75) is 25.8 Å². The third kappa shape index (κ3) is 2.87. The second-order valence-corrected chi connectivity index (χ2v) is 6.09. The first kappa shape index (κ1) is 14.8. The van der Waals surface area contributed by atoms with Crippen LogP contribution in [0.5, 0.6) is 0 Å². The molecule has 1 aliphatic rings.